The van der Waals surface area contributed by atoms with Gasteiger partial charge in [0.15, 0.2) is 23.0 Å². The highest BCUT2D eigenvalue weighted by molar-refractivity contribution is 7.13. The minimum Gasteiger partial charge on any atom is -0.493 e. The summed E-state index contributed by atoms with van der Waals surface area (Å²) < 4.78 is 12.4. The van der Waals surface area contributed by atoms with Gasteiger partial charge in [-0.3, -0.25) is 9.20 Å². The standard InChI is InChI=1S/C19H17N5O3S/c1-26-14-7-6-12(9-15(14)27-2)19-21-13(11-28-19)18(25)20-10-17-23-22-16-5-3-4-8-24(16)17/h3-9,11H,10H2,1-2H3,(H,20,25). The first-order valence-electron chi connectivity index (χ1n) is 8.44. The number of nitrogens with zero attached hydrogens (tertiary/aromatic N) is 4. The maximum atomic E-state index is 12.5. The Bertz CT molecular complexity index is 1140. The van der Waals surface area contributed by atoms with Gasteiger partial charge in [0.05, 0.1) is 20.8 Å². The van der Waals surface area contributed by atoms with Crippen LogP contribution in [-0.2, 0) is 6.54 Å². The van der Waals surface area contributed by atoms with Crippen molar-refractivity contribution in [3.8, 4) is 22.1 Å². The molecule has 3 heterocycles. The predicted molar refractivity (Wildman–Crippen MR) is 105 cm³/mol. The number of benzene rings is 1. The van der Waals surface area contributed by atoms with Gasteiger partial charge in [-0.2, -0.15) is 0 Å². The molecule has 1 amide bonds. The molecule has 0 aliphatic carbocycles. The Kier molecular flexibility index (Phi) is 4.90. The molecule has 1 aromatic carbocycles. The molecule has 0 aliphatic heterocycles. The van der Waals surface area contributed by atoms with Crippen LogP contribution in [0.1, 0.15) is 16.3 Å². The third-order valence-corrected chi connectivity index (χ3v) is 5.05. The van der Waals surface area contributed by atoms with E-state index >= 15 is 0 Å². The fourth-order valence-electron chi connectivity index (χ4n) is 2.74. The third-order valence-electron chi connectivity index (χ3n) is 4.16. The normalized spacial score (nSPS) is 10.8. The molecule has 1 N–H and O–H groups in total. The lowest BCUT2D eigenvalue weighted by molar-refractivity contribution is 0.0945. The largest absolute Gasteiger partial charge is 0.493 e. The smallest absolute Gasteiger partial charge is 0.271 e. The average molecular weight is 395 g/mol. The molecule has 3 aromatic heterocycles. The molecule has 9 heteroatoms. The van der Waals surface area contributed by atoms with Crippen LogP contribution in [0.2, 0.25) is 0 Å². The highest BCUT2D eigenvalue weighted by Crippen LogP contribution is 2.33. The van der Waals surface area contributed by atoms with Crippen molar-refractivity contribution in [2.45, 2.75) is 6.54 Å². The number of aromatic nitrogens is 4. The van der Waals surface area contributed by atoms with Crippen molar-refractivity contribution in [2.24, 2.45) is 0 Å². The second kappa shape index (κ2) is 7.65. The van der Waals surface area contributed by atoms with Gasteiger partial charge in [-0.15, -0.1) is 21.5 Å². The summed E-state index contributed by atoms with van der Waals surface area (Å²) in [5.41, 5.74) is 1.94. The maximum absolute atomic E-state index is 12.5. The first kappa shape index (κ1) is 17.9. The van der Waals surface area contributed by atoms with Crippen molar-refractivity contribution in [2.75, 3.05) is 14.2 Å². The number of hydrogen-bond donors (Lipinski definition) is 1. The summed E-state index contributed by atoms with van der Waals surface area (Å²) in [6.45, 7) is 0.257. The monoisotopic (exact) mass is 395 g/mol. The number of hydrogen-bond acceptors (Lipinski definition) is 7. The molecular formula is C19H17N5O3S. The summed E-state index contributed by atoms with van der Waals surface area (Å²) in [5, 5.41) is 13.5. The molecule has 0 atom stereocenters. The molecule has 142 valence electrons. The molecule has 8 nitrogen and oxygen atoms in total. The van der Waals surface area contributed by atoms with Gasteiger partial charge in [-0.05, 0) is 30.3 Å². The van der Waals surface area contributed by atoms with Crippen LogP contribution in [-0.4, -0.2) is 39.7 Å². The molecule has 0 unspecified atom stereocenters. The number of ether oxygens (including phenoxy) is 2. The van der Waals surface area contributed by atoms with Gasteiger partial charge in [0.2, 0.25) is 0 Å². The van der Waals surface area contributed by atoms with Gasteiger partial charge < -0.3 is 14.8 Å². The van der Waals surface area contributed by atoms with Crippen LogP contribution in [0.3, 0.4) is 0 Å². The molecule has 0 fully saturated rings. The number of rotatable bonds is 6. The van der Waals surface area contributed by atoms with Crippen molar-refractivity contribution < 1.29 is 14.3 Å². The summed E-state index contributed by atoms with van der Waals surface area (Å²) >= 11 is 1.39. The van der Waals surface area contributed by atoms with E-state index in [9.17, 15) is 4.79 Å². The predicted octanol–water partition coefficient (Wildman–Crippen LogP) is 2.80. The van der Waals surface area contributed by atoms with Gasteiger partial charge >= 0.3 is 0 Å². The van der Waals surface area contributed by atoms with Gasteiger partial charge in [0.25, 0.3) is 5.91 Å². The molecule has 4 aromatic rings. The topological polar surface area (TPSA) is 90.6 Å². The molecule has 0 aliphatic rings. The van der Waals surface area contributed by atoms with E-state index in [1.165, 1.54) is 11.3 Å². The van der Waals surface area contributed by atoms with Crippen molar-refractivity contribution in [3.05, 3.63) is 59.5 Å². The van der Waals surface area contributed by atoms with E-state index < -0.39 is 0 Å². The number of carbonyl (C=O) groups excluding carboxylic acids is 1. The number of pyridine rings is 1. The third kappa shape index (κ3) is 3.39. The molecule has 0 bridgehead atoms. The zero-order valence-electron chi connectivity index (χ0n) is 15.2. The SMILES string of the molecule is COc1ccc(-c2nc(C(=O)NCc3nnc4ccccn34)cs2)cc1OC. The van der Waals surface area contributed by atoms with Crippen LogP contribution in [0.4, 0.5) is 0 Å². The van der Waals surface area contributed by atoms with Gasteiger partial charge in [0, 0.05) is 17.1 Å². The molecule has 4 rings (SSSR count). The van der Waals surface area contributed by atoms with E-state index in [4.69, 9.17) is 9.47 Å². The number of amides is 1. The Hall–Kier alpha value is -3.46. The molecule has 0 saturated carbocycles. The first-order chi connectivity index (χ1) is 13.7. The quantitative estimate of drug-likeness (QED) is 0.540. The van der Waals surface area contributed by atoms with E-state index in [1.807, 2.05) is 47.0 Å². The van der Waals surface area contributed by atoms with Crippen molar-refractivity contribution in [3.63, 3.8) is 0 Å². The van der Waals surface area contributed by atoms with Gasteiger partial charge in [-0.1, -0.05) is 6.07 Å². The fourth-order valence-corrected chi connectivity index (χ4v) is 3.54. The highest BCUT2D eigenvalue weighted by atomic mass is 32.1. The van der Waals surface area contributed by atoms with Gasteiger partial charge in [-0.25, -0.2) is 4.98 Å². The van der Waals surface area contributed by atoms with E-state index in [0.717, 1.165) is 16.2 Å². The molecule has 0 radical (unpaired) electrons. The van der Waals surface area contributed by atoms with Gasteiger partial charge in [0.1, 0.15) is 10.7 Å². The average Bonchev–Trinajstić information content (AvgIpc) is 3.39. The Balaban J connectivity index is 1.48. The summed E-state index contributed by atoms with van der Waals surface area (Å²) in [4.78, 5) is 16.9. The molecule has 28 heavy (non-hydrogen) atoms. The van der Waals surface area contributed by atoms with E-state index in [0.29, 0.717) is 23.0 Å². The lowest BCUT2D eigenvalue weighted by Gasteiger charge is -2.08. The summed E-state index contributed by atoms with van der Waals surface area (Å²) in [5.74, 6) is 1.64. The number of methoxy groups -OCH3 is 2. The number of fused-ring (bicyclic) bond motifs is 1. The Morgan fingerprint density at radius 1 is 1.14 bits per heavy atom. The van der Waals surface area contributed by atoms with E-state index in [1.54, 1.807) is 19.6 Å². The number of thiazole rings is 1. The van der Waals surface area contributed by atoms with Crippen LogP contribution in [0.25, 0.3) is 16.2 Å². The van der Waals surface area contributed by atoms with Crippen molar-refractivity contribution in [1.29, 1.82) is 0 Å². The van der Waals surface area contributed by atoms with Crippen LogP contribution in [0, 0.1) is 0 Å². The highest BCUT2D eigenvalue weighted by Gasteiger charge is 2.14. The number of nitrogens with one attached hydrogen (secondary N) is 1. The summed E-state index contributed by atoms with van der Waals surface area (Å²) in [6, 6.07) is 11.2. The molecule has 0 saturated heterocycles. The number of carbonyl (C=O) groups is 1. The second-order valence-electron chi connectivity index (χ2n) is 5.84. The Morgan fingerprint density at radius 3 is 2.82 bits per heavy atom. The summed E-state index contributed by atoms with van der Waals surface area (Å²) in [6.07, 6.45) is 1.86. The van der Waals surface area contributed by atoms with Crippen molar-refractivity contribution >= 4 is 22.9 Å². The van der Waals surface area contributed by atoms with Crippen LogP contribution in [0.15, 0.2) is 48.0 Å². The van der Waals surface area contributed by atoms with Crippen LogP contribution >= 0.6 is 11.3 Å². The molecule has 0 spiro atoms. The zero-order valence-corrected chi connectivity index (χ0v) is 16.1. The Morgan fingerprint density at radius 2 is 2.00 bits per heavy atom. The maximum Gasteiger partial charge on any atom is 0.271 e. The zero-order chi connectivity index (χ0) is 19.5. The first-order valence-corrected chi connectivity index (χ1v) is 9.32. The van der Waals surface area contributed by atoms with Crippen LogP contribution < -0.4 is 14.8 Å². The van der Waals surface area contributed by atoms with E-state index in [-0.39, 0.29) is 12.5 Å². The summed E-state index contributed by atoms with van der Waals surface area (Å²) in [7, 11) is 3.17. The lowest BCUT2D eigenvalue weighted by atomic mass is 10.2. The minimum atomic E-state index is -0.268. The second-order valence-corrected chi connectivity index (χ2v) is 6.69. The molecular weight excluding hydrogens is 378 g/mol. The van der Waals surface area contributed by atoms with Crippen LogP contribution in [0.5, 0.6) is 11.5 Å². The Labute approximate surface area is 164 Å². The van der Waals surface area contributed by atoms with E-state index in [2.05, 4.69) is 20.5 Å². The lowest BCUT2D eigenvalue weighted by Crippen LogP contribution is -2.24. The minimum absolute atomic E-state index is 0.257. The fraction of sp³-hybridized carbons (Fsp3) is 0.158. The van der Waals surface area contributed by atoms with Crippen molar-refractivity contribution in [1.82, 2.24) is 24.9 Å².